The molecule has 1 rings (SSSR count). The Hall–Kier alpha value is -1.06. The Morgan fingerprint density at radius 2 is 1.70 bits per heavy atom. The highest BCUT2D eigenvalue weighted by atomic mass is 16.4. The predicted octanol–water partition coefficient (Wildman–Crippen LogP) is 3.06. The van der Waals surface area contributed by atoms with Crippen molar-refractivity contribution in [3.8, 4) is 0 Å². The van der Waals surface area contributed by atoms with Crippen LogP contribution in [0.2, 0.25) is 0 Å². The lowest BCUT2D eigenvalue weighted by atomic mass is 9.76. The highest BCUT2D eigenvalue weighted by molar-refractivity contribution is 5.85. The number of carboxylic acids is 1. The summed E-state index contributed by atoms with van der Waals surface area (Å²) in [6, 6.07) is -0.754. The van der Waals surface area contributed by atoms with Gasteiger partial charge in [0.25, 0.3) is 0 Å². The molecule has 4 nitrogen and oxygen atoms in total. The SMILES string of the molecule is CC[C@H](C)[C@H](NC(=O)C1CCC(C(C)C)CC1)C(=O)O. The number of aliphatic carboxylic acids is 1. The fraction of sp³-hybridized carbons (Fsp3) is 0.875. The van der Waals surface area contributed by atoms with Crippen LogP contribution in [0.25, 0.3) is 0 Å². The molecule has 116 valence electrons. The third-order valence-electron chi connectivity index (χ3n) is 4.86. The predicted molar refractivity (Wildman–Crippen MR) is 79.3 cm³/mol. The Balaban J connectivity index is 2.52. The molecule has 2 N–H and O–H groups in total. The topological polar surface area (TPSA) is 66.4 Å². The van der Waals surface area contributed by atoms with Crippen LogP contribution >= 0.6 is 0 Å². The number of amides is 1. The van der Waals surface area contributed by atoms with E-state index in [2.05, 4.69) is 19.2 Å². The van der Waals surface area contributed by atoms with E-state index in [1.165, 1.54) is 0 Å². The number of carbonyl (C=O) groups is 2. The first-order chi connectivity index (χ1) is 9.36. The quantitative estimate of drug-likeness (QED) is 0.787. The van der Waals surface area contributed by atoms with Crippen molar-refractivity contribution in [3.05, 3.63) is 0 Å². The number of carbonyl (C=O) groups excluding carboxylic acids is 1. The molecular weight excluding hydrogens is 254 g/mol. The summed E-state index contributed by atoms with van der Waals surface area (Å²) in [4.78, 5) is 23.5. The van der Waals surface area contributed by atoms with E-state index in [0.717, 1.165) is 32.1 Å². The van der Waals surface area contributed by atoms with Gasteiger partial charge in [0, 0.05) is 5.92 Å². The minimum absolute atomic E-state index is 0.00379. The molecule has 20 heavy (non-hydrogen) atoms. The largest absolute Gasteiger partial charge is 0.480 e. The van der Waals surface area contributed by atoms with Crippen molar-refractivity contribution >= 4 is 11.9 Å². The van der Waals surface area contributed by atoms with Gasteiger partial charge in [-0.15, -0.1) is 0 Å². The highest BCUT2D eigenvalue weighted by Gasteiger charge is 2.31. The monoisotopic (exact) mass is 283 g/mol. The summed E-state index contributed by atoms with van der Waals surface area (Å²) in [5.41, 5.74) is 0. The van der Waals surface area contributed by atoms with Crippen LogP contribution in [0, 0.1) is 23.7 Å². The summed E-state index contributed by atoms with van der Waals surface area (Å²) in [5, 5.41) is 12.0. The normalized spacial score (nSPS) is 26.1. The van der Waals surface area contributed by atoms with Crippen LogP contribution in [0.3, 0.4) is 0 Å². The van der Waals surface area contributed by atoms with E-state index in [4.69, 9.17) is 0 Å². The van der Waals surface area contributed by atoms with Crippen LogP contribution in [0.4, 0.5) is 0 Å². The smallest absolute Gasteiger partial charge is 0.326 e. The molecule has 0 aromatic carbocycles. The average molecular weight is 283 g/mol. The van der Waals surface area contributed by atoms with Gasteiger partial charge < -0.3 is 10.4 Å². The van der Waals surface area contributed by atoms with Gasteiger partial charge in [0.2, 0.25) is 5.91 Å². The molecule has 0 aromatic rings. The summed E-state index contributed by atoms with van der Waals surface area (Å²) in [7, 11) is 0. The third-order valence-corrected chi connectivity index (χ3v) is 4.86. The molecule has 1 amide bonds. The van der Waals surface area contributed by atoms with E-state index in [1.807, 2.05) is 13.8 Å². The molecule has 0 unspecified atom stereocenters. The Morgan fingerprint density at radius 3 is 2.10 bits per heavy atom. The van der Waals surface area contributed by atoms with Crippen LogP contribution in [0.15, 0.2) is 0 Å². The summed E-state index contributed by atoms with van der Waals surface area (Å²) < 4.78 is 0. The van der Waals surface area contributed by atoms with Crippen molar-refractivity contribution in [3.63, 3.8) is 0 Å². The van der Waals surface area contributed by atoms with Crippen LogP contribution in [-0.2, 0) is 9.59 Å². The second kappa shape index (κ2) is 7.65. The lowest BCUT2D eigenvalue weighted by Gasteiger charge is -2.31. The van der Waals surface area contributed by atoms with E-state index >= 15 is 0 Å². The molecule has 4 heteroatoms. The molecule has 1 aliphatic carbocycles. The average Bonchev–Trinajstić information content (AvgIpc) is 2.43. The van der Waals surface area contributed by atoms with E-state index in [0.29, 0.717) is 11.8 Å². The summed E-state index contributed by atoms with van der Waals surface area (Å²) in [6.45, 7) is 8.28. The van der Waals surface area contributed by atoms with Crippen LogP contribution in [-0.4, -0.2) is 23.0 Å². The van der Waals surface area contributed by atoms with Gasteiger partial charge in [0.15, 0.2) is 0 Å². The molecule has 0 heterocycles. The zero-order valence-electron chi connectivity index (χ0n) is 13.2. The standard InChI is InChI=1S/C16H29NO3/c1-5-11(4)14(16(19)20)17-15(18)13-8-6-12(7-9-13)10(2)3/h10-14H,5-9H2,1-4H3,(H,17,18)(H,19,20)/t11-,12?,13?,14-/m0/s1. The first-order valence-electron chi connectivity index (χ1n) is 7.89. The number of hydrogen-bond donors (Lipinski definition) is 2. The molecule has 0 bridgehead atoms. The summed E-state index contributed by atoms with van der Waals surface area (Å²) >= 11 is 0. The maximum Gasteiger partial charge on any atom is 0.326 e. The minimum Gasteiger partial charge on any atom is -0.480 e. The first kappa shape index (κ1) is 17.0. The summed E-state index contributed by atoms with van der Waals surface area (Å²) in [5.74, 6) is 0.345. The minimum atomic E-state index is -0.927. The van der Waals surface area contributed by atoms with Crippen molar-refractivity contribution in [2.45, 2.75) is 65.8 Å². The number of rotatable bonds is 6. The van der Waals surface area contributed by atoms with Gasteiger partial charge in [-0.2, -0.15) is 0 Å². The molecule has 1 aliphatic rings. The summed E-state index contributed by atoms with van der Waals surface area (Å²) in [6.07, 6.45) is 4.69. The first-order valence-corrected chi connectivity index (χ1v) is 7.89. The Bertz CT molecular complexity index is 333. The van der Waals surface area contributed by atoms with Crippen molar-refractivity contribution in [2.75, 3.05) is 0 Å². The number of hydrogen-bond acceptors (Lipinski definition) is 2. The van der Waals surface area contributed by atoms with E-state index in [9.17, 15) is 14.7 Å². The van der Waals surface area contributed by atoms with Gasteiger partial charge in [-0.1, -0.05) is 34.1 Å². The van der Waals surface area contributed by atoms with Crippen molar-refractivity contribution < 1.29 is 14.7 Å². The number of nitrogens with one attached hydrogen (secondary N) is 1. The van der Waals surface area contributed by atoms with Crippen LogP contribution in [0.5, 0.6) is 0 Å². The van der Waals surface area contributed by atoms with Gasteiger partial charge in [-0.25, -0.2) is 4.79 Å². The van der Waals surface area contributed by atoms with E-state index in [1.54, 1.807) is 0 Å². The molecule has 1 fully saturated rings. The lowest BCUT2D eigenvalue weighted by molar-refractivity contribution is -0.144. The van der Waals surface area contributed by atoms with Gasteiger partial charge in [0.1, 0.15) is 6.04 Å². The van der Waals surface area contributed by atoms with E-state index in [-0.39, 0.29) is 17.7 Å². The Morgan fingerprint density at radius 1 is 1.15 bits per heavy atom. The maximum atomic E-state index is 12.2. The third kappa shape index (κ3) is 4.50. The molecule has 1 saturated carbocycles. The Labute approximate surface area is 122 Å². The molecule has 0 aromatic heterocycles. The van der Waals surface area contributed by atoms with Gasteiger partial charge in [0.05, 0.1) is 0 Å². The van der Waals surface area contributed by atoms with Crippen LogP contribution in [0.1, 0.15) is 59.8 Å². The number of carboxylic acid groups (broad SMARTS) is 1. The second-order valence-electron chi connectivity index (χ2n) is 6.57. The van der Waals surface area contributed by atoms with Crippen LogP contribution < -0.4 is 5.32 Å². The van der Waals surface area contributed by atoms with Crippen molar-refractivity contribution in [2.24, 2.45) is 23.7 Å². The van der Waals surface area contributed by atoms with E-state index < -0.39 is 12.0 Å². The molecule has 0 saturated heterocycles. The fourth-order valence-electron chi connectivity index (χ4n) is 3.00. The molecule has 0 spiro atoms. The Kier molecular flexibility index (Phi) is 6.50. The van der Waals surface area contributed by atoms with Crippen molar-refractivity contribution in [1.82, 2.24) is 5.32 Å². The maximum absolute atomic E-state index is 12.2. The van der Waals surface area contributed by atoms with Gasteiger partial charge >= 0.3 is 5.97 Å². The fourth-order valence-corrected chi connectivity index (χ4v) is 3.00. The lowest BCUT2D eigenvalue weighted by Crippen LogP contribution is -2.47. The highest BCUT2D eigenvalue weighted by Crippen LogP contribution is 2.33. The second-order valence-corrected chi connectivity index (χ2v) is 6.57. The van der Waals surface area contributed by atoms with Crippen molar-refractivity contribution in [1.29, 1.82) is 0 Å². The zero-order chi connectivity index (χ0) is 15.3. The molecule has 0 radical (unpaired) electrons. The molecule has 0 aliphatic heterocycles. The van der Waals surface area contributed by atoms with Gasteiger partial charge in [-0.3, -0.25) is 4.79 Å². The van der Waals surface area contributed by atoms with Gasteiger partial charge in [-0.05, 0) is 43.4 Å². The molecular formula is C16H29NO3. The zero-order valence-corrected chi connectivity index (χ0v) is 13.2. The molecule has 2 atom stereocenters.